The van der Waals surface area contributed by atoms with Crippen LogP contribution in [0.25, 0.3) is 0 Å². The maximum atomic E-state index is 10.6. The predicted octanol–water partition coefficient (Wildman–Crippen LogP) is 1.33. The predicted molar refractivity (Wildman–Crippen MR) is 53.1 cm³/mol. The highest BCUT2D eigenvalue weighted by molar-refractivity contribution is 7.78. The van der Waals surface area contributed by atoms with Crippen molar-refractivity contribution in [3.05, 3.63) is 12.4 Å². The number of hydrogen-bond acceptors (Lipinski definition) is 5. The second-order valence-corrected chi connectivity index (χ2v) is 2.43. The van der Waals surface area contributed by atoms with Crippen LogP contribution in [0.3, 0.4) is 0 Å². The SMILES string of the molecule is CN(C(=O)O)c1nccnc1N=C=S. The van der Waals surface area contributed by atoms with Crippen molar-refractivity contribution in [3.63, 3.8) is 0 Å². The Labute approximate surface area is 84.9 Å². The maximum Gasteiger partial charge on any atom is 0.412 e. The first-order valence-corrected chi connectivity index (χ1v) is 3.93. The summed E-state index contributed by atoms with van der Waals surface area (Å²) >= 11 is 4.40. The highest BCUT2D eigenvalue weighted by Crippen LogP contribution is 2.20. The number of carboxylic acid groups (broad SMARTS) is 1. The van der Waals surface area contributed by atoms with Gasteiger partial charge in [0.05, 0.1) is 5.16 Å². The summed E-state index contributed by atoms with van der Waals surface area (Å²) in [4.78, 5) is 22.8. The minimum absolute atomic E-state index is 0.123. The number of carbonyl (C=O) groups is 1. The van der Waals surface area contributed by atoms with Crippen molar-refractivity contribution in [3.8, 4) is 0 Å². The fraction of sp³-hybridized carbons (Fsp3) is 0.143. The molecule has 0 saturated heterocycles. The van der Waals surface area contributed by atoms with Gasteiger partial charge in [-0.3, -0.25) is 4.90 Å². The molecule has 0 radical (unpaired) electrons. The van der Waals surface area contributed by atoms with Crippen LogP contribution in [0, 0.1) is 0 Å². The molecule has 0 spiro atoms. The van der Waals surface area contributed by atoms with Gasteiger partial charge in [-0.05, 0) is 12.2 Å². The van der Waals surface area contributed by atoms with Gasteiger partial charge in [-0.2, -0.15) is 4.99 Å². The van der Waals surface area contributed by atoms with Gasteiger partial charge in [0.1, 0.15) is 0 Å². The van der Waals surface area contributed by atoms with Gasteiger partial charge in [0, 0.05) is 19.4 Å². The summed E-state index contributed by atoms with van der Waals surface area (Å²) in [6, 6.07) is 0. The molecule has 0 unspecified atom stereocenters. The van der Waals surface area contributed by atoms with E-state index in [2.05, 4.69) is 32.3 Å². The van der Waals surface area contributed by atoms with Gasteiger partial charge >= 0.3 is 6.09 Å². The molecule has 1 heterocycles. The van der Waals surface area contributed by atoms with E-state index >= 15 is 0 Å². The van der Waals surface area contributed by atoms with Crippen LogP contribution in [0.1, 0.15) is 0 Å². The van der Waals surface area contributed by atoms with Crippen molar-refractivity contribution >= 4 is 35.1 Å². The van der Waals surface area contributed by atoms with Gasteiger partial charge < -0.3 is 5.11 Å². The van der Waals surface area contributed by atoms with E-state index in [4.69, 9.17) is 5.11 Å². The molecule has 0 bridgehead atoms. The van der Waals surface area contributed by atoms with Crippen LogP contribution in [0.2, 0.25) is 0 Å². The number of nitrogens with zero attached hydrogens (tertiary/aromatic N) is 4. The Balaban J connectivity index is 3.19. The van der Waals surface area contributed by atoms with E-state index in [-0.39, 0.29) is 11.6 Å². The zero-order valence-electron chi connectivity index (χ0n) is 7.21. The molecule has 0 aliphatic carbocycles. The maximum absolute atomic E-state index is 10.6. The first-order valence-electron chi connectivity index (χ1n) is 3.52. The Bertz CT molecular complexity index is 402. The van der Waals surface area contributed by atoms with Crippen LogP contribution in [-0.2, 0) is 0 Å². The molecule has 14 heavy (non-hydrogen) atoms. The molecule has 0 aliphatic rings. The molecule has 1 N–H and O–H groups in total. The lowest BCUT2D eigenvalue weighted by Crippen LogP contribution is -2.25. The van der Waals surface area contributed by atoms with Crippen molar-refractivity contribution in [2.75, 3.05) is 11.9 Å². The highest BCUT2D eigenvalue weighted by Gasteiger charge is 2.14. The highest BCUT2D eigenvalue weighted by atomic mass is 32.1. The topological polar surface area (TPSA) is 78.7 Å². The lowest BCUT2D eigenvalue weighted by Gasteiger charge is -2.11. The Kier molecular flexibility index (Phi) is 3.22. The number of thiocarbonyl (C=S) groups is 1. The smallest absolute Gasteiger partial charge is 0.412 e. The van der Waals surface area contributed by atoms with E-state index in [0.29, 0.717) is 0 Å². The lowest BCUT2D eigenvalue weighted by atomic mass is 10.5. The molecule has 1 aromatic rings. The summed E-state index contributed by atoms with van der Waals surface area (Å²) in [6.45, 7) is 0. The second kappa shape index (κ2) is 4.40. The molecule has 0 fully saturated rings. The lowest BCUT2D eigenvalue weighted by molar-refractivity contribution is 0.203. The Morgan fingerprint density at radius 2 is 2.29 bits per heavy atom. The third-order valence-electron chi connectivity index (χ3n) is 1.42. The number of aliphatic imine (C=N–C) groups is 1. The average molecular weight is 210 g/mol. The zero-order valence-corrected chi connectivity index (χ0v) is 8.02. The largest absolute Gasteiger partial charge is 0.465 e. The molecule has 0 aliphatic heterocycles. The van der Waals surface area contributed by atoms with Crippen LogP contribution in [0.4, 0.5) is 16.4 Å². The molecule has 72 valence electrons. The van der Waals surface area contributed by atoms with Crippen molar-refractivity contribution < 1.29 is 9.90 Å². The molecule has 1 aromatic heterocycles. The van der Waals surface area contributed by atoms with Gasteiger partial charge in [0.2, 0.25) is 5.82 Å². The number of hydrogen-bond donors (Lipinski definition) is 1. The van der Waals surface area contributed by atoms with Gasteiger partial charge in [0.15, 0.2) is 5.82 Å². The summed E-state index contributed by atoms with van der Waals surface area (Å²) in [5.41, 5.74) is 0. The zero-order chi connectivity index (χ0) is 10.6. The minimum Gasteiger partial charge on any atom is -0.465 e. The number of aromatic nitrogens is 2. The van der Waals surface area contributed by atoms with Crippen molar-refractivity contribution in [2.45, 2.75) is 0 Å². The molecular weight excluding hydrogens is 204 g/mol. The van der Waals surface area contributed by atoms with E-state index < -0.39 is 6.09 Å². The number of anilines is 1. The summed E-state index contributed by atoms with van der Waals surface area (Å²) in [6.07, 6.45) is 1.62. The fourth-order valence-corrected chi connectivity index (χ4v) is 0.859. The van der Waals surface area contributed by atoms with Crippen LogP contribution >= 0.6 is 12.2 Å². The second-order valence-electron chi connectivity index (χ2n) is 2.25. The van der Waals surface area contributed by atoms with Gasteiger partial charge in [0.25, 0.3) is 0 Å². The first-order chi connectivity index (χ1) is 6.66. The van der Waals surface area contributed by atoms with Gasteiger partial charge in [-0.25, -0.2) is 14.8 Å². The van der Waals surface area contributed by atoms with Gasteiger partial charge in [-0.1, -0.05) is 0 Å². The Morgan fingerprint density at radius 3 is 2.86 bits per heavy atom. The minimum atomic E-state index is -1.15. The Hall–Kier alpha value is -1.85. The molecule has 6 nitrogen and oxygen atoms in total. The molecule has 1 rings (SSSR count). The molecule has 0 saturated carbocycles. The number of rotatable bonds is 2. The van der Waals surface area contributed by atoms with Crippen LogP contribution in [0.15, 0.2) is 17.4 Å². The van der Waals surface area contributed by atoms with E-state index in [1.807, 2.05) is 0 Å². The van der Waals surface area contributed by atoms with Crippen molar-refractivity contribution in [1.82, 2.24) is 9.97 Å². The third kappa shape index (κ3) is 2.09. The molecular formula is C7H6N4O2S. The summed E-state index contributed by atoms with van der Waals surface area (Å²) in [5, 5.41) is 10.8. The Morgan fingerprint density at radius 1 is 1.64 bits per heavy atom. The van der Waals surface area contributed by atoms with E-state index in [9.17, 15) is 4.79 Å². The quantitative estimate of drug-likeness (QED) is 0.588. The van der Waals surface area contributed by atoms with Crippen LogP contribution in [-0.4, -0.2) is 33.4 Å². The molecule has 0 atom stereocenters. The summed E-state index contributed by atoms with van der Waals surface area (Å²) < 4.78 is 0. The average Bonchev–Trinajstić information content (AvgIpc) is 2.18. The number of amides is 1. The van der Waals surface area contributed by atoms with E-state index in [0.717, 1.165) is 4.90 Å². The summed E-state index contributed by atoms with van der Waals surface area (Å²) in [5.74, 6) is 0.254. The fourth-order valence-electron chi connectivity index (χ4n) is 0.773. The number of isothiocyanates is 1. The summed E-state index contributed by atoms with van der Waals surface area (Å²) in [7, 11) is 1.34. The molecule has 0 aromatic carbocycles. The van der Waals surface area contributed by atoms with Gasteiger partial charge in [-0.15, -0.1) is 0 Å². The normalized spacial score (nSPS) is 8.93. The molecule has 1 amide bonds. The van der Waals surface area contributed by atoms with Crippen molar-refractivity contribution in [2.24, 2.45) is 4.99 Å². The first kappa shape index (κ1) is 10.2. The van der Waals surface area contributed by atoms with E-state index in [1.165, 1.54) is 19.4 Å². The van der Waals surface area contributed by atoms with Crippen LogP contribution < -0.4 is 4.90 Å². The molecule has 7 heteroatoms. The standard InChI is InChI=1S/C7H6N4O2S/c1-11(7(12)13)6-5(10-4-14)8-2-3-9-6/h2-3H,1H3,(H,12,13). The van der Waals surface area contributed by atoms with Crippen LogP contribution in [0.5, 0.6) is 0 Å². The van der Waals surface area contributed by atoms with Crippen molar-refractivity contribution in [1.29, 1.82) is 0 Å². The van der Waals surface area contributed by atoms with E-state index in [1.54, 1.807) is 0 Å². The third-order valence-corrected chi connectivity index (χ3v) is 1.51. The monoisotopic (exact) mass is 210 g/mol.